The first-order valence-corrected chi connectivity index (χ1v) is 5.84. The average molecular weight is 237 g/mol. The van der Waals surface area contributed by atoms with E-state index < -0.39 is 5.60 Å². The number of aliphatic hydroxyl groups is 1. The van der Waals surface area contributed by atoms with Gasteiger partial charge in [0.05, 0.1) is 12.7 Å². The van der Waals surface area contributed by atoms with Crippen LogP contribution < -0.4 is 9.64 Å². The summed E-state index contributed by atoms with van der Waals surface area (Å²) >= 11 is 0. The zero-order chi connectivity index (χ0) is 13.2. The van der Waals surface area contributed by atoms with E-state index in [4.69, 9.17) is 4.74 Å². The zero-order valence-corrected chi connectivity index (χ0v) is 11.7. The van der Waals surface area contributed by atoms with Crippen molar-refractivity contribution in [2.24, 2.45) is 0 Å². The van der Waals surface area contributed by atoms with Crippen LogP contribution in [-0.4, -0.2) is 31.4 Å². The van der Waals surface area contributed by atoms with Gasteiger partial charge < -0.3 is 14.7 Å². The molecule has 0 saturated carbocycles. The van der Waals surface area contributed by atoms with E-state index in [0.717, 1.165) is 17.0 Å². The first-order chi connectivity index (χ1) is 7.76. The molecule has 17 heavy (non-hydrogen) atoms. The van der Waals surface area contributed by atoms with Gasteiger partial charge in [-0.1, -0.05) is 0 Å². The van der Waals surface area contributed by atoms with Crippen LogP contribution in [0.1, 0.15) is 25.0 Å². The molecular formula is C14H23NO2. The molecule has 0 aliphatic carbocycles. The molecule has 3 heteroatoms. The largest absolute Gasteiger partial charge is 0.496 e. The van der Waals surface area contributed by atoms with E-state index >= 15 is 0 Å². The van der Waals surface area contributed by atoms with E-state index in [2.05, 4.69) is 18.7 Å². The van der Waals surface area contributed by atoms with Gasteiger partial charge in [0.2, 0.25) is 0 Å². The molecule has 1 aromatic carbocycles. The van der Waals surface area contributed by atoms with E-state index in [1.54, 1.807) is 7.11 Å². The second-order valence-electron chi connectivity index (χ2n) is 5.21. The van der Waals surface area contributed by atoms with Crippen molar-refractivity contribution in [2.45, 2.75) is 33.3 Å². The lowest BCUT2D eigenvalue weighted by Crippen LogP contribution is -2.36. The Morgan fingerprint density at radius 2 is 1.82 bits per heavy atom. The van der Waals surface area contributed by atoms with Crippen LogP contribution in [0.3, 0.4) is 0 Å². The number of hydrogen-bond acceptors (Lipinski definition) is 3. The Bertz CT molecular complexity index is 394. The van der Waals surface area contributed by atoms with Gasteiger partial charge in [-0.25, -0.2) is 0 Å². The van der Waals surface area contributed by atoms with Crippen LogP contribution >= 0.6 is 0 Å². The predicted molar refractivity (Wildman–Crippen MR) is 72.0 cm³/mol. The van der Waals surface area contributed by atoms with Crippen molar-refractivity contribution in [1.29, 1.82) is 0 Å². The highest BCUT2D eigenvalue weighted by Crippen LogP contribution is 2.29. The number of anilines is 1. The maximum absolute atomic E-state index is 9.84. The molecule has 0 fully saturated rings. The first kappa shape index (κ1) is 13.8. The van der Waals surface area contributed by atoms with Gasteiger partial charge in [0.1, 0.15) is 5.75 Å². The summed E-state index contributed by atoms with van der Waals surface area (Å²) < 4.78 is 5.29. The molecule has 0 aromatic heterocycles. The van der Waals surface area contributed by atoms with Crippen molar-refractivity contribution in [1.82, 2.24) is 0 Å². The van der Waals surface area contributed by atoms with Crippen molar-refractivity contribution in [2.75, 3.05) is 25.6 Å². The highest BCUT2D eigenvalue weighted by Gasteiger charge is 2.18. The van der Waals surface area contributed by atoms with Gasteiger partial charge in [-0.05, 0) is 51.0 Å². The smallest absolute Gasteiger partial charge is 0.122 e. The third-order valence-electron chi connectivity index (χ3n) is 2.96. The Hall–Kier alpha value is -1.22. The van der Waals surface area contributed by atoms with Crippen molar-refractivity contribution in [3.05, 3.63) is 23.3 Å². The van der Waals surface area contributed by atoms with Gasteiger partial charge in [-0.3, -0.25) is 0 Å². The predicted octanol–water partition coefficient (Wildman–Crippen LogP) is 2.52. The van der Waals surface area contributed by atoms with Gasteiger partial charge in [-0.15, -0.1) is 0 Å². The fourth-order valence-corrected chi connectivity index (χ4v) is 2.08. The quantitative estimate of drug-likeness (QED) is 0.873. The maximum Gasteiger partial charge on any atom is 0.122 e. The average Bonchev–Trinajstić information content (AvgIpc) is 2.19. The number of methoxy groups -OCH3 is 1. The number of rotatable bonds is 4. The second-order valence-corrected chi connectivity index (χ2v) is 5.21. The van der Waals surface area contributed by atoms with E-state index in [0.29, 0.717) is 6.54 Å². The van der Waals surface area contributed by atoms with Gasteiger partial charge in [0, 0.05) is 19.3 Å². The molecule has 0 spiro atoms. The van der Waals surface area contributed by atoms with Crippen LogP contribution in [0.4, 0.5) is 5.69 Å². The van der Waals surface area contributed by atoms with E-state index in [1.165, 1.54) is 5.56 Å². The van der Waals surface area contributed by atoms with Gasteiger partial charge in [0.25, 0.3) is 0 Å². The minimum Gasteiger partial charge on any atom is -0.496 e. The van der Waals surface area contributed by atoms with Gasteiger partial charge in [0.15, 0.2) is 0 Å². The van der Waals surface area contributed by atoms with Crippen molar-refractivity contribution >= 4 is 5.69 Å². The number of likely N-dealkylation sites (N-methyl/N-ethyl adjacent to an activating group) is 1. The van der Waals surface area contributed by atoms with Crippen molar-refractivity contribution < 1.29 is 9.84 Å². The molecule has 0 saturated heterocycles. The number of hydrogen-bond donors (Lipinski definition) is 1. The summed E-state index contributed by atoms with van der Waals surface area (Å²) in [6, 6.07) is 4.01. The van der Waals surface area contributed by atoms with E-state index in [9.17, 15) is 5.11 Å². The van der Waals surface area contributed by atoms with Crippen LogP contribution in [0, 0.1) is 13.8 Å². The molecule has 3 nitrogen and oxygen atoms in total. The Morgan fingerprint density at radius 1 is 1.24 bits per heavy atom. The lowest BCUT2D eigenvalue weighted by atomic mass is 10.0. The van der Waals surface area contributed by atoms with Crippen LogP contribution in [0.15, 0.2) is 12.1 Å². The van der Waals surface area contributed by atoms with Crippen LogP contribution in [0.25, 0.3) is 0 Å². The SMILES string of the molecule is COc1ccc(N(C)CC(C)(C)O)c(C)c1C. The molecule has 1 aromatic rings. The number of ether oxygens (including phenoxy) is 1. The molecule has 0 heterocycles. The van der Waals surface area contributed by atoms with Crippen LogP contribution in [-0.2, 0) is 0 Å². The molecule has 0 radical (unpaired) electrons. The standard InChI is InChI=1S/C14H23NO2/c1-10-11(2)13(17-6)8-7-12(10)15(5)9-14(3,4)16/h7-8,16H,9H2,1-6H3. The molecule has 0 amide bonds. The van der Waals surface area contributed by atoms with Gasteiger partial charge in [-0.2, -0.15) is 0 Å². The van der Waals surface area contributed by atoms with Crippen molar-refractivity contribution in [3.63, 3.8) is 0 Å². The highest BCUT2D eigenvalue weighted by atomic mass is 16.5. The first-order valence-electron chi connectivity index (χ1n) is 5.84. The summed E-state index contributed by atoms with van der Waals surface area (Å²) in [5.74, 6) is 0.905. The highest BCUT2D eigenvalue weighted by molar-refractivity contribution is 5.59. The Kier molecular flexibility index (Phi) is 4.04. The molecule has 1 rings (SSSR count). The Morgan fingerprint density at radius 3 is 2.29 bits per heavy atom. The monoisotopic (exact) mass is 237 g/mol. The lowest BCUT2D eigenvalue weighted by Gasteiger charge is -2.29. The summed E-state index contributed by atoms with van der Waals surface area (Å²) in [6.07, 6.45) is 0. The van der Waals surface area contributed by atoms with Crippen molar-refractivity contribution in [3.8, 4) is 5.75 Å². The fraction of sp³-hybridized carbons (Fsp3) is 0.571. The van der Waals surface area contributed by atoms with Crippen LogP contribution in [0.5, 0.6) is 5.75 Å². The summed E-state index contributed by atoms with van der Waals surface area (Å²) in [6.45, 7) is 8.35. The summed E-state index contributed by atoms with van der Waals surface area (Å²) in [7, 11) is 3.67. The maximum atomic E-state index is 9.84. The Labute approximate surface area is 104 Å². The van der Waals surface area contributed by atoms with Crippen LogP contribution in [0.2, 0.25) is 0 Å². The van der Waals surface area contributed by atoms with Gasteiger partial charge >= 0.3 is 0 Å². The third kappa shape index (κ3) is 3.37. The molecule has 0 unspecified atom stereocenters. The number of benzene rings is 1. The molecule has 96 valence electrons. The molecule has 0 bridgehead atoms. The summed E-state index contributed by atoms with van der Waals surface area (Å²) in [4.78, 5) is 2.07. The lowest BCUT2D eigenvalue weighted by molar-refractivity contribution is 0.0886. The molecular weight excluding hydrogens is 214 g/mol. The normalized spacial score (nSPS) is 11.5. The third-order valence-corrected chi connectivity index (χ3v) is 2.96. The minimum absolute atomic E-state index is 0.597. The molecule has 1 N–H and O–H groups in total. The zero-order valence-electron chi connectivity index (χ0n) is 11.7. The van der Waals surface area contributed by atoms with E-state index in [-0.39, 0.29) is 0 Å². The minimum atomic E-state index is -0.699. The fourth-order valence-electron chi connectivity index (χ4n) is 2.08. The van der Waals surface area contributed by atoms with E-state index in [1.807, 2.05) is 33.0 Å². The summed E-state index contributed by atoms with van der Waals surface area (Å²) in [5.41, 5.74) is 2.77. The summed E-state index contributed by atoms with van der Waals surface area (Å²) in [5, 5.41) is 9.84. The molecule has 0 atom stereocenters. The second kappa shape index (κ2) is 4.96. The topological polar surface area (TPSA) is 32.7 Å². The molecule has 0 aliphatic rings. The Balaban J connectivity index is 3.03. The number of nitrogens with zero attached hydrogens (tertiary/aromatic N) is 1. The molecule has 0 aliphatic heterocycles.